The molecule has 0 unspecified atom stereocenters. The smallest absolute Gasteiger partial charge is 0.407 e. The number of rotatable bonds is 15. The van der Waals surface area contributed by atoms with Gasteiger partial charge in [-0.25, -0.2) is 23.9 Å². The molecule has 0 spiro atoms. The van der Waals surface area contributed by atoms with Crippen molar-refractivity contribution < 1.29 is 46.8 Å². The van der Waals surface area contributed by atoms with Crippen molar-refractivity contribution in [3.63, 3.8) is 0 Å². The minimum atomic E-state index is -5.06. The molecule has 280 valence electrons. The zero-order valence-corrected chi connectivity index (χ0v) is 29.6. The van der Waals surface area contributed by atoms with Crippen LogP contribution >= 0.6 is 11.3 Å². The van der Waals surface area contributed by atoms with Crippen LogP contribution in [0, 0.1) is 0 Å². The number of carboxylic acids is 1. The zero-order valence-electron chi connectivity index (χ0n) is 27.9. The van der Waals surface area contributed by atoms with Crippen molar-refractivity contribution in [3.05, 3.63) is 23.0 Å². The summed E-state index contributed by atoms with van der Waals surface area (Å²) < 4.78 is 39.2. The number of nitrogens with zero attached hydrogens (tertiary/aromatic N) is 7. The Balaban J connectivity index is 1.39. The van der Waals surface area contributed by atoms with Crippen LogP contribution in [0.3, 0.4) is 0 Å². The number of aromatic nitrogens is 4. The van der Waals surface area contributed by atoms with Gasteiger partial charge in [0.25, 0.3) is 11.8 Å². The van der Waals surface area contributed by atoms with Crippen LogP contribution in [0.5, 0.6) is 0 Å². The number of carbonyl (C=O) groups excluding carboxylic acids is 3. The molecule has 2 atom stereocenters. The summed E-state index contributed by atoms with van der Waals surface area (Å²) in [6.45, 7) is 5.57. The largest absolute Gasteiger partial charge is 0.478 e. The second-order valence-corrected chi connectivity index (χ2v) is 14.7. The van der Waals surface area contributed by atoms with E-state index in [1.54, 1.807) is 20.8 Å². The fourth-order valence-corrected chi connectivity index (χ4v) is 6.49. The van der Waals surface area contributed by atoms with Gasteiger partial charge < -0.3 is 42.1 Å². The van der Waals surface area contributed by atoms with Gasteiger partial charge in [0.1, 0.15) is 29.1 Å². The Kier molecular flexibility index (Phi) is 12.0. The number of carbonyl (C=O) groups is 4. The molecule has 1 saturated heterocycles. The Hall–Kier alpha value is -5.10. The molecule has 51 heavy (non-hydrogen) atoms. The molecule has 0 radical (unpaired) electrons. The highest BCUT2D eigenvalue weighted by Crippen LogP contribution is 2.34. The van der Waals surface area contributed by atoms with E-state index in [0.717, 1.165) is 16.1 Å². The summed E-state index contributed by atoms with van der Waals surface area (Å²) in [4.78, 5) is 64.6. The number of guanidine groups is 1. The van der Waals surface area contributed by atoms with Crippen LogP contribution in [0.15, 0.2) is 21.7 Å². The molecule has 3 heterocycles. The maximum atomic E-state index is 13.5. The third-order valence-corrected chi connectivity index (χ3v) is 9.09. The van der Waals surface area contributed by atoms with Crippen LogP contribution in [0.2, 0.25) is 0 Å². The summed E-state index contributed by atoms with van der Waals surface area (Å²) >= 11 is 0.962. The number of hydrogen-bond acceptors (Lipinski definition) is 15. The normalized spacial score (nSPS) is 19.3. The average Bonchev–Trinajstić information content (AvgIpc) is 3.79. The number of thiazole rings is 1. The van der Waals surface area contributed by atoms with Gasteiger partial charge in [-0.15, -0.1) is 11.3 Å². The lowest BCUT2D eigenvalue weighted by atomic mass is 9.98. The monoisotopic (exact) mass is 756 g/mol. The minimum absolute atomic E-state index is 0.0325. The van der Waals surface area contributed by atoms with Crippen LogP contribution in [0.4, 0.5) is 9.93 Å². The highest BCUT2D eigenvalue weighted by molar-refractivity contribution is 7.84. The molecule has 2 aliphatic rings. The van der Waals surface area contributed by atoms with E-state index >= 15 is 0 Å². The number of amides is 3. The van der Waals surface area contributed by atoms with E-state index in [2.05, 4.69) is 41.3 Å². The van der Waals surface area contributed by atoms with Crippen molar-refractivity contribution in [1.29, 1.82) is 0 Å². The summed E-state index contributed by atoms with van der Waals surface area (Å²) in [5.41, 5.74) is 9.06. The van der Waals surface area contributed by atoms with Gasteiger partial charge in [-0.2, -0.15) is 23.4 Å². The summed E-state index contributed by atoms with van der Waals surface area (Å²) in [7, 11) is -5.06. The Labute approximate surface area is 295 Å². The van der Waals surface area contributed by atoms with Crippen molar-refractivity contribution in [3.8, 4) is 0 Å². The number of aliphatic carboxylic acids is 1. The number of alkyl carbamates (subject to hydrolysis) is 1. The van der Waals surface area contributed by atoms with E-state index in [1.807, 2.05) is 0 Å². The van der Waals surface area contributed by atoms with E-state index in [0.29, 0.717) is 38.0 Å². The lowest BCUT2D eigenvalue weighted by Gasteiger charge is -2.43. The van der Waals surface area contributed by atoms with Crippen LogP contribution in [-0.4, -0.2) is 114 Å². The minimum Gasteiger partial charge on any atom is -0.478 e. The van der Waals surface area contributed by atoms with Gasteiger partial charge in [0.2, 0.25) is 5.60 Å². The van der Waals surface area contributed by atoms with Crippen LogP contribution in [0.1, 0.15) is 64.3 Å². The molecule has 1 saturated carbocycles. The molecule has 9 N–H and O–H groups in total. The van der Waals surface area contributed by atoms with Crippen molar-refractivity contribution in [1.82, 2.24) is 40.2 Å². The average molecular weight is 757 g/mol. The first-order chi connectivity index (χ1) is 23.9. The number of nitrogen functional groups attached to an aromatic ring is 1. The van der Waals surface area contributed by atoms with Crippen molar-refractivity contribution in [2.45, 2.75) is 89.3 Å². The first-order valence-corrected chi connectivity index (χ1v) is 17.9. The topological polar surface area (TPSA) is 321 Å². The summed E-state index contributed by atoms with van der Waals surface area (Å²) in [6.07, 6.45) is 2.73. The summed E-state index contributed by atoms with van der Waals surface area (Å²) in [6, 6.07) is -2.90. The van der Waals surface area contributed by atoms with Crippen LogP contribution in [0.25, 0.3) is 0 Å². The number of nitrogens with one attached hydrogen (secondary N) is 3. The summed E-state index contributed by atoms with van der Waals surface area (Å²) in [5.74, 6) is -3.40. The molecular weight excluding hydrogens is 717 g/mol. The fourth-order valence-electron chi connectivity index (χ4n) is 5.07. The van der Waals surface area contributed by atoms with Gasteiger partial charge in [0.05, 0.1) is 19.3 Å². The molecule has 0 aromatic carbocycles. The van der Waals surface area contributed by atoms with E-state index in [1.165, 1.54) is 11.6 Å². The number of ether oxygens (including phenoxy) is 1. The van der Waals surface area contributed by atoms with Crippen molar-refractivity contribution >= 4 is 62.3 Å². The Morgan fingerprint density at radius 1 is 1.20 bits per heavy atom. The maximum absolute atomic E-state index is 13.5. The van der Waals surface area contributed by atoms with Gasteiger partial charge in [0, 0.05) is 31.3 Å². The molecule has 22 nitrogen and oxygen atoms in total. The quantitative estimate of drug-likeness (QED) is 0.0285. The molecule has 2 fully saturated rings. The number of hydrogen-bond donors (Lipinski definition) is 7. The lowest BCUT2D eigenvalue weighted by molar-refractivity contribution is -0.165. The number of aliphatic imine (C=N–C) groups is 1. The van der Waals surface area contributed by atoms with Gasteiger partial charge in [-0.3, -0.25) is 14.1 Å². The third-order valence-electron chi connectivity index (χ3n) is 7.47. The molecule has 0 bridgehead atoms. The van der Waals surface area contributed by atoms with Gasteiger partial charge >= 0.3 is 22.4 Å². The Morgan fingerprint density at radius 2 is 1.88 bits per heavy atom. The second kappa shape index (κ2) is 15.8. The maximum Gasteiger partial charge on any atom is 0.407 e. The van der Waals surface area contributed by atoms with Crippen molar-refractivity contribution in [2.75, 3.05) is 18.8 Å². The highest BCUT2D eigenvalue weighted by Gasteiger charge is 2.55. The molecule has 1 aliphatic heterocycles. The number of β-lactam (4-membered cyclic amide) rings is 1. The third kappa shape index (κ3) is 10.2. The predicted molar refractivity (Wildman–Crippen MR) is 179 cm³/mol. The number of nitrogens with two attached hydrogens (primary N) is 2. The highest BCUT2D eigenvalue weighted by atomic mass is 32.2. The molecule has 2 aromatic heterocycles. The SMILES string of the molecule is CC(C)(C)OC(=O)NCCCNC(N)=NCc1cnn(C[C@@H]2[C@H](NC(=O)/C(=N\OC3(C(=O)O)CCCC3)c3csc(N)n3)C(=O)N2S(=O)(=O)O)n1. The number of carboxylic acid groups (broad SMARTS) is 1. The molecule has 24 heteroatoms. The van der Waals surface area contributed by atoms with E-state index in [9.17, 15) is 37.3 Å². The first-order valence-electron chi connectivity index (χ1n) is 15.6. The van der Waals surface area contributed by atoms with E-state index < -0.39 is 69.7 Å². The predicted octanol–water partition coefficient (Wildman–Crippen LogP) is -1.05. The zero-order chi connectivity index (χ0) is 37.6. The molecular formula is C27H40N12O10S2. The van der Waals surface area contributed by atoms with Crippen molar-refractivity contribution in [2.24, 2.45) is 15.9 Å². The Bertz CT molecular complexity index is 1780. The van der Waals surface area contributed by atoms with Crippen LogP contribution < -0.4 is 27.4 Å². The molecule has 1 aliphatic carbocycles. The van der Waals surface area contributed by atoms with Gasteiger partial charge in [-0.1, -0.05) is 5.16 Å². The second-order valence-electron chi connectivity index (χ2n) is 12.5. The number of anilines is 1. The number of oxime groups is 1. The Morgan fingerprint density at radius 3 is 2.49 bits per heavy atom. The molecule has 3 amide bonds. The standard InChI is InChI=1S/C27H40N12O10S2/c1-26(2,3)48-25(44)31-10-6-9-30-23(28)32-11-15-12-33-38(36-15)13-17-19(21(41)39(17)51(45,46)47)35-20(40)18(16-14-50-24(29)34-16)37-49-27(22(42)43)7-4-5-8-27/h12,14,17,19H,4-11,13H2,1-3H3,(H2,29,34)(H,31,44)(H,35,40)(H,42,43)(H3,28,30,32)(H,45,46,47)/b37-18-/t17-,19+/m1/s1. The lowest BCUT2D eigenvalue weighted by Crippen LogP contribution is -2.73. The first kappa shape index (κ1) is 38.7. The molecule has 2 aromatic rings. The van der Waals surface area contributed by atoms with Crippen LogP contribution in [-0.2, 0) is 47.4 Å². The van der Waals surface area contributed by atoms with E-state index in [-0.39, 0.29) is 40.5 Å². The van der Waals surface area contributed by atoms with Gasteiger partial charge in [-0.05, 0) is 40.0 Å². The summed E-state index contributed by atoms with van der Waals surface area (Å²) in [5, 5.41) is 31.1. The van der Waals surface area contributed by atoms with Gasteiger partial charge in [0.15, 0.2) is 16.8 Å². The fraction of sp³-hybridized carbons (Fsp3) is 0.593. The van der Waals surface area contributed by atoms with E-state index in [4.69, 9.17) is 21.0 Å². The molecule has 4 rings (SSSR count).